The number of amides is 1. The predicted octanol–water partition coefficient (Wildman–Crippen LogP) is 1.61. The molecule has 1 atom stereocenters. The first kappa shape index (κ1) is 16.0. The number of likely N-dealkylation sites (tertiary alicyclic amines) is 1. The van der Waals surface area contributed by atoms with Crippen LogP contribution in [0.4, 0.5) is 0 Å². The molecule has 1 N–H and O–H groups in total. The SMILES string of the molecule is Cc1csc(=O)n1CC(=O)N[C@H]1CCN(Cc2ccccc2)C1. The van der Waals surface area contributed by atoms with Crippen molar-refractivity contribution in [3.63, 3.8) is 0 Å². The van der Waals surface area contributed by atoms with Gasteiger partial charge in [-0.2, -0.15) is 0 Å². The van der Waals surface area contributed by atoms with Crippen molar-refractivity contribution in [3.05, 3.63) is 56.6 Å². The predicted molar refractivity (Wildman–Crippen MR) is 91.6 cm³/mol. The molecule has 2 aromatic rings. The molecule has 1 saturated heterocycles. The van der Waals surface area contributed by atoms with Crippen LogP contribution in [-0.2, 0) is 17.9 Å². The fourth-order valence-electron chi connectivity index (χ4n) is 2.95. The van der Waals surface area contributed by atoms with Crippen LogP contribution in [0.1, 0.15) is 17.7 Å². The molecule has 3 rings (SSSR count). The van der Waals surface area contributed by atoms with Crippen LogP contribution in [0.3, 0.4) is 0 Å². The molecule has 5 nitrogen and oxygen atoms in total. The van der Waals surface area contributed by atoms with Crippen LogP contribution in [0.2, 0.25) is 0 Å². The van der Waals surface area contributed by atoms with E-state index in [-0.39, 0.29) is 23.4 Å². The third kappa shape index (κ3) is 4.09. The lowest BCUT2D eigenvalue weighted by atomic mass is 10.2. The van der Waals surface area contributed by atoms with Crippen LogP contribution < -0.4 is 10.2 Å². The second-order valence-electron chi connectivity index (χ2n) is 6.00. The standard InChI is InChI=1S/C17H21N3O2S/c1-13-12-23-17(22)20(13)11-16(21)18-15-7-8-19(10-15)9-14-5-3-2-4-6-14/h2-6,12,15H,7-11H2,1H3,(H,18,21)/t15-/m0/s1. The highest BCUT2D eigenvalue weighted by molar-refractivity contribution is 7.07. The third-order valence-corrected chi connectivity index (χ3v) is 5.05. The van der Waals surface area contributed by atoms with Gasteiger partial charge in [-0.15, -0.1) is 0 Å². The maximum absolute atomic E-state index is 12.2. The van der Waals surface area contributed by atoms with Gasteiger partial charge < -0.3 is 5.32 Å². The van der Waals surface area contributed by atoms with Crippen molar-refractivity contribution >= 4 is 17.2 Å². The molecule has 1 aliphatic rings. The van der Waals surface area contributed by atoms with Crippen molar-refractivity contribution in [1.82, 2.24) is 14.8 Å². The molecule has 1 aromatic carbocycles. The number of aryl methyl sites for hydroxylation is 1. The average Bonchev–Trinajstić information content (AvgIpc) is 3.09. The third-order valence-electron chi connectivity index (χ3n) is 4.16. The lowest BCUT2D eigenvalue weighted by molar-refractivity contribution is -0.122. The van der Waals surface area contributed by atoms with Crippen LogP contribution in [-0.4, -0.2) is 34.5 Å². The number of hydrogen-bond donors (Lipinski definition) is 1. The highest BCUT2D eigenvalue weighted by Crippen LogP contribution is 2.13. The quantitative estimate of drug-likeness (QED) is 0.906. The minimum Gasteiger partial charge on any atom is -0.350 e. The lowest BCUT2D eigenvalue weighted by Gasteiger charge is -2.17. The molecule has 1 fully saturated rings. The summed E-state index contributed by atoms with van der Waals surface area (Å²) in [5.41, 5.74) is 2.13. The zero-order chi connectivity index (χ0) is 16.2. The van der Waals surface area contributed by atoms with E-state index < -0.39 is 0 Å². The molecule has 0 bridgehead atoms. The van der Waals surface area contributed by atoms with Crippen LogP contribution in [0.15, 0.2) is 40.5 Å². The number of nitrogens with one attached hydrogen (secondary N) is 1. The summed E-state index contributed by atoms with van der Waals surface area (Å²) in [7, 11) is 0. The summed E-state index contributed by atoms with van der Waals surface area (Å²) in [6.45, 7) is 4.72. The number of carbonyl (C=O) groups excluding carboxylic acids is 1. The summed E-state index contributed by atoms with van der Waals surface area (Å²) in [6, 6.07) is 10.5. The number of rotatable bonds is 5. The van der Waals surface area contributed by atoms with Crippen molar-refractivity contribution in [1.29, 1.82) is 0 Å². The van der Waals surface area contributed by atoms with Gasteiger partial charge in [0, 0.05) is 36.8 Å². The van der Waals surface area contributed by atoms with E-state index in [1.54, 1.807) is 5.38 Å². The van der Waals surface area contributed by atoms with Crippen molar-refractivity contribution < 1.29 is 4.79 Å². The van der Waals surface area contributed by atoms with E-state index in [2.05, 4.69) is 22.3 Å². The monoisotopic (exact) mass is 331 g/mol. The zero-order valence-electron chi connectivity index (χ0n) is 13.2. The second-order valence-corrected chi connectivity index (χ2v) is 6.82. The normalized spacial score (nSPS) is 18.2. The van der Waals surface area contributed by atoms with E-state index >= 15 is 0 Å². The second kappa shape index (κ2) is 7.10. The fourth-order valence-corrected chi connectivity index (χ4v) is 3.68. The maximum atomic E-state index is 12.2. The van der Waals surface area contributed by atoms with Gasteiger partial charge in [0.1, 0.15) is 6.54 Å². The Morgan fingerprint density at radius 1 is 1.35 bits per heavy atom. The molecule has 23 heavy (non-hydrogen) atoms. The molecule has 1 amide bonds. The van der Waals surface area contributed by atoms with Gasteiger partial charge in [-0.1, -0.05) is 41.7 Å². The van der Waals surface area contributed by atoms with E-state index in [9.17, 15) is 9.59 Å². The summed E-state index contributed by atoms with van der Waals surface area (Å²) in [4.78, 5) is 26.1. The Balaban J connectivity index is 1.50. The Bertz CT molecular complexity index is 723. The highest BCUT2D eigenvalue weighted by atomic mass is 32.1. The Hall–Kier alpha value is -1.92. The first-order valence-electron chi connectivity index (χ1n) is 7.82. The Kier molecular flexibility index (Phi) is 4.93. The van der Waals surface area contributed by atoms with E-state index in [1.165, 1.54) is 10.1 Å². The molecular weight excluding hydrogens is 310 g/mol. The first-order valence-corrected chi connectivity index (χ1v) is 8.70. The smallest absolute Gasteiger partial charge is 0.307 e. The van der Waals surface area contributed by atoms with E-state index in [0.717, 1.165) is 43.1 Å². The minimum atomic E-state index is -0.0832. The number of thiazole rings is 1. The van der Waals surface area contributed by atoms with Gasteiger partial charge in [-0.25, -0.2) is 0 Å². The van der Waals surface area contributed by atoms with Crippen molar-refractivity contribution in [2.45, 2.75) is 32.5 Å². The molecule has 0 aliphatic carbocycles. The van der Waals surface area contributed by atoms with Crippen LogP contribution >= 0.6 is 11.3 Å². The van der Waals surface area contributed by atoms with E-state index in [4.69, 9.17) is 0 Å². The summed E-state index contributed by atoms with van der Waals surface area (Å²) in [6.07, 6.45) is 0.954. The van der Waals surface area contributed by atoms with Gasteiger partial charge in [-0.3, -0.25) is 19.1 Å². The highest BCUT2D eigenvalue weighted by Gasteiger charge is 2.24. The summed E-state index contributed by atoms with van der Waals surface area (Å²) >= 11 is 1.14. The molecule has 1 aromatic heterocycles. The molecule has 1 aliphatic heterocycles. The molecule has 0 spiro atoms. The fraction of sp³-hybridized carbons (Fsp3) is 0.412. The molecule has 6 heteroatoms. The average molecular weight is 331 g/mol. The van der Waals surface area contributed by atoms with Gasteiger partial charge in [-0.05, 0) is 18.9 Å². The molecule has 2 heterocycles. The Morgan fingerprint density at radius 3 is 2.83 bits per heavy atom. The van der Waals surface area contributed by atoms with Crippen molar-refractivity contribution in [3.8, 4) is 0 Å². The maximum Gasteiger partial charge on any atom is 0.307 e. The zero-order valence-corrected chi connectivity index (χ0v) is 14.0. The largest absolute Gasteiger partial charge is 0.350 e. The summed E-state index contributed by atoms with van der Waals surface area (Å²) in [5.74, 6) is -0.0832. The molecular formula is C17H21N3O2S. The van der Waals surface area contributed by atoms with Gasteiger partial charge >= 0.3 is 4.87 Å². The van der Waals surface area contributed by atoms with Crippen LogP contribution in [0.5, 0.6) is 0 Å². The summed E-state index contributed by atoms with van der Waals surface area (Å²) < 4.78 is 1.52. The van der Waals surface area contributed by atoms with Crippen molar-refractivity contribution in [2.75, 3.05) is 13.1 Å². The van der Waals surface area contributed by atoms with Gasteiger partial charge in [0.2, 0.25) is 5.91 Å². The van der Waals surface area contributed by atoms with Crippen LogP contribution in [0, 0.1) is 6.92 Å². The summed E-state index contributed by atoms with van der Waals surface area (Å²) in [5, 5.41) is 4.84. The van der Waals surface area contributed by atoms with Gasteiger partial charge in [0.15, 0.2) is 0 Å². The minimum absolute atomic E-state index is 0.0743. The topological polar surface area (TPSA) is 54.3 Å². The van der Waals surface area contributed by atoms with Gasteiger partial charge in [0.25, 0.3) is 0 Å². The Morgan fingerprint density at radius 2 is 2.13 bits per heavy atom. The number of aromatic nitrogens is 1. The first-order chi connectivity index (χ1) is 11.1. The van der Waals surface area contributed by atoms with Gasteiger partial charge in [0.05, 0.1) is 0 Å². The van der Waals surface area contributed by atoms with E-state index in [1.807, 2.05) is 25.1 Å². The number of carbonyl (C=O) groups is 1. The van der Waals surface area contributed by atoms with Crippen LogP contribution in [0.25, 0.3) is 0 Å². The Labute approximate surface area is 139 Å². The molecule has 0 saturated carbocycles. The number of nitrogens with zero attached hydrogens (tertiary/aromatic N) is 2. The lowest BCUT2D eigenvalue weighted by Crippen LogP contribution is -2.40. The molecule has 0 radical (unpaired) electrons. The van der Waals surface area contributed by atoms with Crippen molar-refractivity contribution in [2.24, 2.45) is 0 Å². The number of benzene rings is 1. The van der Waals surface area contributed by atoms with E-state index in [0.29, 0.717) is 0 Å². The number of hydrogen-bond acceptors (Lipinski definition) is 4. The molecule has 0 unspecified atom stereocenters. The molecule has 122 valence electrons.